The Kier molecular flexibility index (Phi) is 3.85. The highest BCUT2D eigenvalue weighted by Crippen LogP contribution is 2.14. The highest BCUT2D eigenvalue weighted by Gasteiger charge is 2.03. The Morgan fingerprint density at radius 1 is 1.41 bits per heavy atom. The second kappa shape index (κ2) is 5.56. The molecule has 0 saturated carbocycles. The van der Waals surface area contributed by atoms with Crippen LogP contribution in [-0.2, 0) is 6.54 Å². The number of nitrogens with one attached hydrogen (secondary N) is 2. The molecule has 2 rings (SSSR count). The number of fused-ring (bicyclic) bond motifs is 1. The van der Waals surface area contributed by atoms with Crippen LogP contribution in [0.15, 0.2) is 30.5 Å². The molecule has 2 nitrogen and oxygen atoms in total. The minimum absolute atomic E-state index is 0.180. The number of benzene rings is 1. The van der Waals surface area contributed by atoms with E-state index in [1.807, 2.05) is 6.20 Å². The van der Waals surface area contributed by atoms with Crippen LogP contribution in [0.2, 0.25) is 0 Å². The Hall–Kier alpha value is -1.72. The van der Waals surface area contributed by atoms with Gasteiger partial charge in [0.25, 0.3) is 0 Å². The topological polar surface area (TPSA) is 27.8 Å². The SMILES string of the molecule is C#CC(CCC)NCc1ccc2cc[nH]c2c1. The lowest BCUT2D eigenvalue weighted by Gasteiger charge is -2.11. The Bertz CT molecular complexity index is 519. The summed E-state index contributed by atoms with van der Waals surface area (Å²) in [4.78, 5) is 3.22. The van der Waals surface area contributed by atoms with Crippen molar-refractivity contribution in [1.82, 2.24) is 10.3 Å². The third kappa shape index (κ3) is 2.89. The van der Waals surface area contributed by atoms with E-state index in [4.69, 9.17) is 6.42 Å². The van der Waals surface area contributed by atoms with Gasteiger partial charge in [-0.25, -0.2) is 0 Å². The van der Waals surface area contributed by atoms with Crippen molar-refractivity contribution in [2.75, 3.05) is 0 Å². The van der Waals surface area contributed by atoms with Gasteiger partial charge < -0.3 is 4.98 Å². The van der Waals surface area contributed by atoms with Gasteiger partial charge in [-0.15, -0.1) is 6.42 Å². The van der Waals surface area contributed by atoms with E-state index in [1.54, 1.807) is 0 Å². The fourth-order valence-electron chi connectivity index (χ4n) is 1.98. The van der Waals surface area contributed by atoms with E-state index in [1.165, 1.54) is 16.5 Å². The molecule has 1 aromatic carbocycles. The summed E-state index contributed by atoms with van der Waals surface area (Å²) in [7, 11) is 0. The van der Waals surface area contributed by atoms with Gasteiger partial charge in [-0.3, -0.25) is 5.32 Å². The van der Waals surface area contributed by atoms with Gasteiger partial charge >= 0.3 is 0 Å². The first kappa shape index (κ1) is 11.8. The molecule has 0 aliphatic rings. The number of H-pyrrole nitrogens is 1. The maximum Gasteiger partial charge on any atom is 0.0689 e. The number of hydrogen-bond acceptors (Lipinski definition) is 1. The van der Waals surface area contributed by atoms with E-state index in [-0.39, 0.29) is 6.04 Å². The van der Waals surface area contributed by atoms with E-state index in [0.29, 0.717) is 0 Å². The summed E-state index contributed by atoms with van der Waals surface area (Å²) in [5, 5.41) is 4.64. The lowest BCUT2D eigenvalue weighted by atomic mass is 10.1. The molecular weight excluding hydrogens is 208 g/mol. The molecule has 1 aromatic heterocycles. The zero-order valence-corrected chi connectivity index (χ0v) is 10.2. The summed E-state index contributed by atoms with van der Waals surface area (Å²) in [5.41, 5.74) is 2.44. The predicted octanol–water partition coefficient (Wildman–Crippen LogP) is 3.06. The summed E-state index contributed by atoms with van der Waals surface area (Å²) in [6, 6.07) is 8.70. The van der Waals surface area contributed by atoms with E-state index in [0.717, 1.165) is 19.4 Å². The smallest absolute Gasteiger partial charge is 0.0689 e. The molecule has 2 N–H and O–H groups in total. The first-order valence-corrected chi connectivity index (χ1v) is 6.09. The van der Waals surface area contributed by atoms with Gasteiger partial charge in [-0.1, -0.05) is 31.4 Å². The van der Waals surface area contributed by atoms with Crippen LogP contribution in [0.3, 0.4) is 0 Å². The van der Waals surface area contributed by atoms with Crippen LogP contribution in [-0.4, -0.2) is 11.0 Å². The number of aromatic nitrogens is 1. The molecule has 88 valence electrons. The summed E-state index contributed by atoms with van der Waals surface area (Å²) in [5.74, 6) is 2.79. The van der Waals surface area contributed by atoms with Crippen LogP contribution in [0.25, 0.3) is 10.9 Å². The number of aromatic amines is 1. The molecule has 0 spiro atoms. The Morgan fingerprint density at radius 3 is 3.06 bits per heavy atom. The second-order valence-corrected chi connectivity index (χ2v) is 4.29. The van der Waals surface area contributed by atoms with Gasteiger partial charge in [0.2, 0.25) is 0 Å². The largest absolute Gasteiger partial charge is 0.361 e. The molecule has 0 fully saturated rings. The molecule has 1 atom stereocenters. The maximum absolute atomic E-state index is 5.48. The van der Waals surface area contributed by atoms with Crippen molar-refractivity contribution in [3.8, 4) is 12.3 Å². The monoisotopic (exact) mass is 226 g/mol. The molecule has 17 heavy (non-hydrogen) atoms. The standard InChI is InChI=1S/C15H18N2/c1-3-5-14(4-2)17-11-12-6-7-13-8-9-16-15(13)10-12/h2,6-10,14,16-17H,3,5,11H2,1H3. The molecule has 2 heteroatoms. The maximum atomic E-state index is 5.48. The first-order valence-electron chi connectivity index (χ1n) is 6.09. The Morgan fingerprint density at radius 2 is 2.29 bits per heavy atom. The summed E-state index contributed by atoms with van der Waals surface area (Å²) in [6.07, 6.45) is 9.58. The average molecular weight is 226 g/mol. The van der Waals surface area contributed by atoms with Crippen molar-refractivity contribution in [2.24, 2.45) is 0 Å². The highest BCUT2D eigenvalue weighted by molar-refractivity contribution is 5.79. The number of rotatable bonds is 5. The zero-order chi connectivity index (χ0) is 12.1. The molecular formula is C15H18N2. The van der Waals surface area contributed by atoms with E-state index in [9.17, 15) is 0 Å². The van der Waals surface area contributed by atoms with Crippen LogP contribution in [0, 0.1) is 12.3 Å². The van der Waals surface area contributed by atoms with Crippen LogP contribution in [0.4, 0.5) is 0 Å². The van der Waals surface area contributed by atoms with Gasteiger partial charge in [-0.2, -0.15) is 0 Å². The summed E-state index contributed by atoms with van der Waals surface area (Å²) in [6.45, 7) is 2.97. The van der Waals surface area contributed by atoms with Crippen molar-refractivity contribution >= 4 is 10.9 Å². The van der Waals surface area contributed by atoms with Gasteiger partial charge in [0.05, 0.1) is 6.04 Å². The predicted molar refractivity (Wildman–Crippen MR) is 72.7 cm³/mol. The highest BCUT2D eigenvalue weighted by atomic mass is 14.9. The Labute approximate surface area is 102 Å². The van der Waals surface area contributed by atoms with Gasteiger partial charge in [0.1, 0.15) is 0 Å². The van der Waals surface area contributed by atoms with E-state index < -0.39 is 0 Å². The lowest BCUT2D eigenvalue weighted by molar-refractivity contribution is 0.563. The summed E-state index contributed by atoms with van der Waals surface area (Å²) < 4.78 is 0. The molecule has 2 aromatic rings. The molecule has 0 aliphatic carbocycles. The van der Waals surface area contributed by atoms with Crippen LogP contribution >= 0.6 is 0 Å². The zero-order valence-electron chi connectivity index (χ0n) is 10.2. The van der Waals surface area contributed by atoms with Crippen molar-refractivity contribution in [3.05, 3.63) is 36.0 Å². The van der Waals surface area contributed by atoms with Crippen molar-refractivity contribution in [2.45, 2.75) is 32.4 Å². The van der Waals surface area contributed by atoms with Gasteiger partial charge in [0, 0.05) is 18.3 Å². The molecule has 0 amide bonds. The molecule has 0 saturated heterocycles. The third-order valence-electron chi connectivity index (χ3n) is 2.95. The minimum Gasteiger partial charge on any atom is -0.361 e. The van der Waals surface area contributed by atoms with E-state index in [2.05, 4.69) is 47.4 Å². The number of hydrogen-bond donors (Lipinski definition) is 2. The molecule has 0 aliphatic heterocycles. The van der Waals surface area contributed by atoms with Crippen molar-refractivity contribution in [1.29, 1.82) is 0 Å². The fraction of sp³-hybridized carbons (Fsp3) is 0.333. The lowest BCUT2D eigenvalue weighted by Crippen LogP contribution is -2.26. The molecule has 1 unspecified atom stereocenters. The quantitative estimate of drug-likeness (QED) is 0.753. The van der Waals surface area contributed by atoms with Crippen LogP contribution in [0.5, 0.6) is 0 Å². The minimum atomic E-state index is 0.180. The summed E-state index contributed by atoms with van der Waals surface area (Å²) >= 11 is 0. The fourth-order valence-corrected chi connectivity index (χ4v) is 1.98. The molecule has 1 heterocycles. The van der Waals surface area contributed by atoms with E-state index >= 15 is 0 Å². The van der Waals surface area contributed by atoms with Gasteiger partial charge in [0.15, 0.2) is 0 Å². The molecule has 0 bridgehead atoms. The van der Waals surface area contributed by atoms with Crippen LogP contribution < -0.4 is 5.32 Å². The van der Waals surface area contributed by atoms with Gasteiger partial charge in [-0.05, 0) is 29.5 Å². The Balaban J connectivity index is 2.01. The molecule has 0 radical (unpaired) electrons. The normalized spacial score (nSPS) is 12.5. The van der Waals surface area contributed by atoms with Crippen molar-refractivity contribution in [3.63, 3.8) is 0 Å². The first-order chi connectivity index (χ1) is 8.33. The third-order valence-corrected chi connectivity index (χ3v) is 2.95. The number of terminal acetylenes is 1. The average Bonchev–Trinajstić information content (AvgIpc) is 2.81. The van der Waals surface area contributed by atoms with Crippen molar-refractivity contribution < 1.29 is 0 Å². The van der Waals surface area contributed by atoms with Crippen LogP contribution in [0.1, 0.15) is 25.3 Å². The second-order valence-electron chi connectivity index (χ2n) is 4.29.